The molecule has 0 radical (unpaired) electrons. The van der Waals surface area contributed by atoms with Crippen LogP contribution in [0.1, 0.15) is 45.2 Å². The smallest absolute Gasteiger partial charge is 0.343 e. The molecule has 3 aromatic carbocycles. The van der Waals surface area contributed by atoms with Gasteiger partial charge in [-0.2, -0.15) is 5.10 Å². The van der Waals surface area contributed by atoms with E-state index in [2.05, 4.69) is 10.5 Å². The van der Waals surface area contributed by atoms with Crippen LogP contribution in [0.2, 0.25) is 0 Å². The van der Waals surface area contributed by atoms with Crippen molar-refractivity contribution in [1.29, 1.82) is 0 Å². The molecule has 0 fully saturated rings. The largest absolute Gasteiger partial charge is 0.494 e. The highest BCUT2D eigenvalue weighted by molar-refractivity contribution is 5.95. The molecular formula is C25H24N2O4. The van der Waals surface area contributed by atoms with Crippen LogP contribution in [0.5, 0.6) is 11.5 Å². The number of rotatable bonds is 8. The lowest BCUT2D eigenvalue weighted by Gasteiger charge is -2.06. The van der Waals surface area contributed by atoms with E-state index in [9.17, 15) is 9.59 Å². The van der Waals surface area contributed by atoms with Crippen molar-refractivity contribution in [2.24, 2.45) is 5.10 Å². The molecule has 158 valence electrons. The third kappa shape index (κ3) is 6.27. The fraction of sp³-hybridized carbons (Fsp3) is 0.160. The van der Waals surface area contributed by atoms with Crippen LogP contribution >= 0.6 is 0 Å². The minimum atomic E-state index is -0.405. The van der Waals surface area contributed by atoms with E-state index in [-0.39, 0.29) is 5.91 Å². The van der Waals surface area contributed by atoms with Gasteiger partial charge in [0.25, 0.3) is 5.91 Å². The summed E-state index contributed by atoms with van der Waals surface area (Å²) in [6.45, 7) is 4.53. The second-order valence-electron chi connectivity index (χ2n) is 6.85. The normalized spacial score (nSPS) is 10.6. The highest BCUT2D eigenvalue weighted by atomic mass is 16.5. The van der Waals surface area contributed by atoms with Crippen LogP contribution in [0, 0.1) is 6.92 Å². The van der Waals surface area contributed by atoms with Crippen molar-refractivity contribution >= 4 is 18.1 Å². The molecule has 0 aliphatic carbocycles. The van der Waals surface area contributed by atoms with Gasteiger partial charge >= 0.3 is 5.97 Å². The summed E-state index contributed by atoms with van der Waals surface area (Å²) in [5.41, 5.74) is 5.11. The number of nitrogens with one attached hydrogen (secondary N) is 1. The topological polar surface area (TPSA) is 77.0 Å². The first-order chi connectivity index (χ1) is 15.1. The Kier molecular flexibility index (Phi) is 7.54. The van der Waals surface area contributed by atoms with Crippen LogP contribution in [0.4, 0.5) is 0 Å². The van der Waals surface area contributed by atoms with Gasteiger partial charge in [0.05, 0.1) is 18.4 Å². The maximum Gasteiger partial charge on any atom is 0.343 e. The molecule has 31 heavy (non-hydrogen) atoms. The van der Waals surface area contributed by atoms with Crippen LogP contribution in [-0.4, -0.2) is 24.7 Å². The Hall–Kier alpha value is -3.93. The first-order valence-electron chi connectivity index (χ1n) is 10.0. The Morgan fingerprint density at radius 1 is 0.935 bits per heavy atom. The summed E-state index contributed by atoms with van der Waals surface area (Å²) in [5.74, 6) is 0.435. The average Bonchev–Trinajstić information content (AvgIpc) is 2.79. The second kappa shape index (κ2) is 10.7. The zero-order valence-electron chi connectivity index (χ0n) is 17.5. The van der Waals surface area contributed by atoms with Gasteiger partial charge in [0, 0.05) is 5.56 Å². The zero-order valence-corrected chi connectivity index (χ0v) is 17.5. The van der Waals surface area contributed by atoms with Gasteiger partial charge in [-0.3, -0.25) is 4.79 Å². The summed E-state index contributed by atoms with van der Waals surface area (Å²) in [6.07, 6.45) is 2.44. The second-order valence-corrected chi connectivity index (χ2v) is 6.85. The molecule has 3 rings (SSSR count). The molecule has 0 aliphatic rings. The molecule has 0 heterocycles. The van der Waals surface area contributed by atoms with Gasteiger partial charge in [0.2, 0.25) is 0 Å². The number of ether oxygens (including phenoxy) is 2. The predicted molar refractivity (Wildman–Crippen MR) is 120 cm³/mol. The van der Waals surface area contributed by atoms with Gasteiger partial charge < -0.3 is 9.47 Å². The Morgan fingerprint density at radius 2 is 1.61 bits per heavy atom. The van der Waals surface area contributed by atoms with Crippen molar-refractivity contribution < 1.29 is 19.1 Å². The van der Waals surface area contributed by atoms with E-state index in [1.54, 1.807) is 60.7 Å². The third-order valence-electron chi connectivity index (χ3n) is 4.42. The van der Waals surface area contributed by atoms with Gasteiger partial charge in [0.15, 0.2) is 0 Å². The van der Waals surface area contributed by atoms with Crippen molar-refractivity contribution in [2.45, 2.75) is 20.3 Å². The molecule has 0 unspecified atom stereocenters. The molecule has 0 atom stereocenters. The number of carbonyl (C=O) groups is 2. The molecule has 6 nitrogen and oxygen atoms in total. The maximum absolute atomic E-state index is 12.3. The summed E-state index contributed by atoms with van der Waals surface area (Å²) < 4.78 is 10.9. The molecule has 3 aromatic rings. The average molecular weight is 416 g/mol. The summed E-state index contributed by atoms with van der Waals surface area (Å²) >= 11 is 0. The molecule has 6 heteroatoms. The van der Waals surface area contributed by atoms with Crippen LogP contribution in [0.3, 0.4) is 0 Å². The molecule has 0 saturated carbocycles. The number of nitrogens with zero attached hydrogens (tertiary/aromatic N) is 1. The monoisotopic (exact) mass is 416 g/mol. The third-order valence-corrected chi connectivity index (χ3v) is 4.42. The summed E-state index contributed by atoms with van der Waals surface area (Å²) in [4.78, 5) is 24.4. The molecule has 0 aromatic heterocycles. The zero-order chi connectivity index (χ0) is 22.1. The molecule has 0 bridgehead atoms. The Morgan fingerprint density at radius 3 is 2.29 bits per heavy atom. The molecule has 0 aliphatic heterocycles. The number of esters is 1. The minimum Gasteiger partial charge on any atom is -0.494 e. The van der Waals surface area contributed by atoms with Gasteiger partial charge in [-0.1, -0.05) is 25.1 Å². The number of hydrogen-bond acceptors (Lipinski definition) is 5. The Labute approximate surface area is 181 Å². The fourth-order valence-corrected chi connectivity index (χ4v) is 2.74. The van der Waals surface area contributed by atoms with Crippen molar-refractivity contribution in [3.63, 3.8) is 0 Å². The minimum absolute atomic E-state index is 0.318. The molecule has 0 spiro atoms. The van der Waals surface area contributed by atoms with Crippen molar-refractivity contribution in [2.75, 3.05) is 6.61 Å². The molecule has 1 N–H and O–H groups in total. The van der Waals surface area contributed by atoms with Gasteiger partial charge in [0.1, 0.15) is 11.5 Å². The van der Waals surface area contributed by atoms with Crippen molar-refractivity contribution in [1.82, 2.24) is 5.43 Å². The van der Waals surface area contributed by atoms with E-state index in [1.165, 1.54) is 6.21 Å². The van der Waals surface area contributed by atoms with E-state index in [0.29, 0.717) is 23.5 Å². The Bertz CT molecular complexity index is 1060. The van der Waals surface area contributed by atoms with Crippen LogP contribution < -0.4 is 14.9 Å². The van der Waals surface area contributed by atoms with E-state index in [1.807, 2.05) is 26.0 Å². The lowest BCUT2D eigenvalue weighted by atomic mass is 10.1. The van der Waals surface area contributed by atoms with Crippen molar-refractivity contribution in [3.05, 3.63) is 95.1 Å². The van der Waals surface area contributed by atoms with Crippen LogP contribution in [0.25, 0.3) is 0 Å². The lowest BCUT2D eigenvalue weighted by molar-refractivity contribution is 0.0733. The molecule has 0 saturated heterocycles. The van der Waals surface area contributed by atoms with Gasteiger partial charge in [-0.05, 0) is 79.1 Å². The predicted octanol–water partition coefficient (Wildman–Crippen LogP) is 4.77. The highest BCUT2D eigenvalue weighted by Gasteiger charge is 2.10. The quantitative estimate of drug-likeness (QED) is 0.248. The van der Waals surface area contributed by atoms with E-state index < -0.39 is 5.97 Å². The molecular weight excluding hydrogens is 392 g/mol. The van der Waals surface area contributed by atoms with E-state index in [0.717, 1.165) is 23.3 Å². The number of hydrogen-bond donors (Lipinski definition) is 1. The van der Waals surface area contributed by atoms with Crippen molar-refractivity contribution in [3.8, 4) is 11.5 Å². The Balaban J connectivity index is 1.53. The summed E-state index contributed by atoms with van der Waals surface area (Å²) in [7, 11) is 0. The first kappa shape index (κ1) is 21.8. The number of amides is 1. The summed E-state index contributed by atoms with van der Waals surface area (Å²) in [6, 6.07) is 21.0. The number of aryl methyl sites for hydroxylation is 1. The standard InChI is InChI=1S/C25H24N2O4/c1-3-16-30-21-14-10-20(11-15-21)24(28)27-26-17-19-8-12-22(13-9-19)31-25(29)23-7-5-4-6-18(23)2/h4-15,17H,3,16H2,1-2H3,(H,27,28)/b26-17+. The lowest BCUT2D eigenvalue weighted by Crippen LogP contribution is -2.17. The number of carbonyl (C=O) groups excluding carboxylic acids is 2. The van der Waals surface area contributed by atoms with E-state index >= 15 is 0 Å². The van der Waals surface area contributed by atoms with Crippen LogP contribution in [-0.2, 0) is 0 Å². The molecule has 1 amide bonds. The maximum atomic E-state index is 12.3. The van der Waals surface area contributed by atoms with E-state index in [4.69, 9.17) is 9.47 Å². The van der Waals surface area contributed by atoms with Crippen LogP contribution in [0.15, 0.2) is 77.9 Å². The fourth-order valence-electron chi connectivity index (χ4n) is 2.74. The van der Waals surface area contributed by atoms with Gasteiger partial charge in [-0.15, -0.1) is 0 Å². The first-order valence-corrected chi connectivity index (χ1v) is 10.0. The highest BCUT2D eigenvalue weighted by Crippen LogP contribution is 2.16. The number of benzene rings is 3. The number of hydrazone groups is 1. The summed E-state index contributed by atoms with van der Waals surface area (Å²) in [5, 5.41) is 3.98. The van der Waals surface area contributed by atoms with Gasteiger partial charge in [-0.25, -0.2) is 10.2 Å². The SMILES string of the molecule is CCCOc1ccc(C(=O)N/N=C/c2ccc(OC(=O)c3ccccc3C)cc2)cc1.